The lowest BCUT2D eigenvalue weighted by molar-refractivity contribution is -0.125. The number of anilines is 1. The third kappa shape index (κ3) is 4.55. The Kier molecular flexibility index (Phi) is 6.47. The van der Waals surface area contributed by atoms with E-state index in [1.54, 1.807) is 6.07 Å². The largest absolute Gasteiger partial charge is 0.348 e. The zero-order valence-electron chi connectivity index (χ0n) is 17.4. The van der Waals surface area contributed by atoms with Crippen molar-refractivity contribution in [3.05, 3.63) is 63.5 Å². The number of halogens is 2. The van der Waals surface area contributed by atoms with Gasteiger partial charge in [-0.1, -0.05) is 18.2 Å². The molecular formula is C23H26FIN4O2. The lowest BCUT2D eigenvalue weighted by atomic mass is 9.85. The molecule has 2 aliphatic rings. The molecule has 6 nitrogen and oxygen atoms in total. The normalized spacial score (nSPS) is 19.3. The van der Waals surface area contributed by atoms with E-state index < -0.39 is 5.54 Å². The van der Waals surface area contributed by atoms with Crippen molar-refractivity contribution < 1.29 is 14.0 Å². The molecule has 2 fully saturated rings. The van der Waals surface area contributed by atoms with Gasteiger partial charge in [0.1, 0.15) is 11.4 Å². The minimum atomic E-state index is -0.642. The van der Waals surface area contributed by atoms with Crippen molar-refractivity contribution in [2.24, 2.45) is 0 Å². The van der Waals surface area contributed by atoms with Crippen LogP contribution in [0.2, 0.25) is 0 Å². The number of hydrogen-bond acceptors (Lipinski definition) is 4. The number of rotatable bonds is 5. The van der Waals surface area contributed by atoms with E-state index in [0.717, 1.165) is 22.3 Å². The summed E-state index contributed by atoms with van der Waals surface area (Å²) in [5.74, 6) is -0.364. The van der Waals surface area contributed by atoms with Crippen LogP contribution in [0.3, 0.4) is 0 Å². The first-order valence-corrected chi connectivity index (χ1v) is 11.6. The maximum atomic E-state index is 13.8. The van der Waals surface area contributed by atoms with Crippen LogP contribution in [0.15, 0.2) is 48.5 Å². The van der Waals surface area contributed by atoms with Gasteiger partial charge in [-0.15, -0.1) is 0 Å². The first-order valence-electron chi connectivity index (χ1n) is 10.5. The molecule has 31 heavy (non-hydrogen) atoms. The fourth-order valence-corrected chi connectivity index (χ4v) is 5.19. The second-order valence-corrected chi connectivity index (χ2v) is 9.42. The molecule has 1 spiro atoms. The van der Waals surface area contributed by atoms with Gasteiger partial charge in [-0.05, 0) is 72.7 Å². The summed E-state index contributed by atoms with van der Waals surface area (Å²) < 4.78 is 14.7. The van der Waals surface area contributed by atoms with Gasteiger partial charge in [0.15, 0.2) is 0 Å². The van der Waals surface area contributed by atoms with Gasteiger partial charge in [0.05, 0.1) is 12.2 Å². The van der Waals surface area contributed by atoms with Crippen LogP contribution in [0, 0.1) is 9.39 Å². The van der Waals surface area contributed by atoms with Crippen LogP contribution in [0.25, 0.3) is 0 Å². The van der Waals surface area contributed by atoms with Crippen molar-refractivity contribution in [2.45, 2.75) is 31.3 Å². The highest BCUT2D eigenvalue weighted by atomic mass is 127. The Morgan fingerprint density at radius 2 is 1.97 bits per heavy atom. The fraction of sp³-hybridized carbons (Fsp3) is 0.391. The Morgan fingerprint density at radius 3 is 2.68 bits per heavy atom. The molecule has 0 saturated carbocycles. The van der Waals surface area contributed by atoms with Crippen LogP contribution in [-0.4, -0.2) is 54.6 Å². The Bertz CT molecular complexity index is 978. The van der Waals surface area contributed by atoms with E-state index in [4.69, 9.17) is 0 Å². The summed E-state index contributed by atoms with van der Waals surface area (Å²) in [5, 5.41) is 6.02. The minimum absolute atomic E-state index is 0.0106. The number of amides is 2. The Morgan fingerprint density at radius 1 is 1.23 bits per heavy atom. The molecule has 1 atom stereocenters. The van der Waals surface area contributed by atoms with Crippen molar-refractivity contribution in [2.75, 3.05) is 31.2 Å². The predicted octanol–water partition coefficient (Wildman–Crippen LogP) is 2.98. The maximum Gasteiger partial charge on any atom is 0.252 e. The molecule has 0 unspecified atom stereocenters. The molecule has 4 rings (SSSR count). The molecule has 2 saturated heterocycles. The summed E-state index contributed by atoms with van der Waals surface area (Å²) >= 11 is 2.17. The molecule has 2 aromatic rings. The molecule has 2 aliphatic heterocycles. The van der Waals surface area contributed by atoms with Crippen molar-refractivity contribution in [3.63, 3.8) is 0 Å². The number of carbonyl (C=O) groups excluding carboxylic acids is 2. The van der Waals surface area contributed by atoms with E-state index in [9.17, 15) is 14.0 Å². The third-order valence-corrected chi connectivity index (χ3v) is 7.11. The number of piperidine rings is 1. The quantitative estimate of drug-likeness (QED) is 0.578. The summed E-state index contributed by atoms with van der Waals surface area (Å²) in [5.41, 5.74) is 0.766. The molecule has 0 aliphatic carbocycles. The Hall–Kier alpha value is -2.20. The third-order valence-electron chi connectivity index (χ3n) is 6.17. The zero-order chi connectivity index (χ0) is 22.0. The average molecular weight is 536 g/mol. The number of carbonyl (C=O) groups is 2. The van der Waals surface area contributed by atoms with E-state index in [1.165, 1.54) is 12.1 Å². The highest BCUT2D eigenvalue weighted by Crippen LogP contribution is 2.36. The summed E-state index contributed by atoms with van der Waals surface area (Å²) in [6.45, 7) is 4.58. The lowest BCUT2D eigenvalue weighted by Crippen LogP contribution is -2.57. The summed E-state index contributed by atoms with van der Waals surface area (Å²) in [7, 11) is 0. The van der Waals surface area contributed by atoms with Crippen LogP contribution in [0.5, 0.6) is 0 Å². The number of nitrogens with zero attached hydrogens (tertiary/aromatic N) is 2. The summed E-state index contributed by atoms with van der Waals surface area (Å²) in [4.78, 5) is 29.6. The first-order chi connectivity index (χ1) is 14.9. The molecule has 2 N–H and O–H groups in total. The molecular weight excluding hydrogens is 510 g/mol. The predicted molar refractivity (Wildman–Crippen MR) is 126 cm³/mol. The lowest BCUT2D eigenvalue weighted by Gasteiger charge is -2.43. The van der Waals surface area contributed by atoms with Crippen LogP contribution >= 0.6 is 22.6 Å². The van der Waals surface area contributed by atoms with E-state index in [1.807, 2.05) is 42.2 Å². The molecule has 0 bridgehead atoms. The van der Waals surface area contributed by atoms with Gasteiger partial charge < -0.3 is 20.4 Å². The average Bonchev–Trinajstić information content (AvgIpc) is 3.05. The van der Waals surface area contributed by atoms with Crippen molar-refractivity contribution >= 4 is 40.1 Å². The molecule has 164 valence electrons. The topological polar surface area (TPSA) is 64.7 Å². The number of benzene rings is 2. The van der Waals surface area contributed by atoms with Crippen molar-refractivity contribution in [1.82, 2.24) is 15.5 Å². The van der Waals surface area contributed by atoms with E-state index in [2.05, 4.69) is 38.1 Å². The maximum absolute atomic E-state index is 13.8. The van der Waals surface area contributed by atoms with Crippen molar-refractivity contribution in [3.8, 4) is 0 Å². The molecule has 2 amide bonds. The van der Waals surface area contributed by atoms with Gasteiger partial charge in [-0.2, -0.15) is 0 Å². The molecule has 8 heteroatoms. The van der Waals surface area contributed by atoms with Gasteiger partial charge in [0.2, 0.25) is 5.91 Å². The van der Waals surface area contributed by atoms with Gasteiger partial charge >= 0.3 is 0 Å². The monoisotopic (exact) mass is 536 g/mol. The minimum Gasteiger partial charge on any atom is -0.348 e. The van der Waals surface area contributed by atoms with Crippen LogP contribution in [0.1, 0.15) is 30.1 Å². The zero-order valence-corrected chi connectivity index (χ0v) is 19.6. The summed E-state index contributed by atoms with van der Waals surface area (Å²) in [6.07, 6.45) is 1.32. The SMILES string of the molecule is C[C@@H](CN1CCC2(CC1)C(=O)NCN2c1cccc(F)c1)NC(=O)c1ccccc1I. The number of hydrogen-bond donors (Lipinski definition) is 2. The van der Waals surface area contributed by atoms with Gasteiger partial charge in [0.25, 0.3) is 5.91 Å². The van der Waals surface area contributed by atoms with Crippen LogP contribution in [-0.2, 0) is 4.79 Å². The van der Waals surface area contributed by atoms with Crippen LogP contribution in [0.4, 0.5) is 10.1 Å². The Balaban J connectivity index is 1.37. The van der Waals surface area contributed by atoms with Crippen molar-refractivity contribution in [1.29, 1.82) is 0 Å². The van der Waals surface area contributed by atoms with E-state index in [0.29, 0.717) is 31.6 Å². The Labute approximate surface area is 195 Å². The van der Waals surface area contributed by atoms with Gasteiger partial charge in [0, 0.05) is 34.9 Å². The van der Waals surface area contributed by atoms with Crippen LogP contribution < -0.4 is 15.5 Å². The van der Waals surface area contributed by atoms with E-state index in [-0.39, 0.29) is 23.7 Å². The standard InChI is InChI=1S/C23H26FIN4O2/c1-16(27-21(30)19-7-2-3-8-20(19)25)14-28-11-9-23(10-12-28)22(31)26-15-29(23)18-6-4-5-17(24)13-18/h2-8,13,16H,9-12,14-15H2,1H3,(H,26,31)(H,27,30)/t16-/m0/s1. The van der Waals surface area contributed by atoms with Gasteiger partial charge in [-0.3, -0.25) is 9.59 Å². The highest BCUT2D eigenvalue weighted by molar-refractivity contribution is 14.1. The summed E-state index contributed by atoms with van der Waals surface area (Å²) in [6, 6.07) is 13.9. The molecule has 2 heterocycles. The highest BCUT2D eigenvalue weighted by Gasteiger charge is 2.50. The fourth-order valence-electron chi connectivity index (χ4n) is 4.55. The number of nitrogens with one attached hydrogen (secondary N) is 2. The second-order valence-electron chi connectivity index (χ2n) is 8.26. The number of likely N-dealkylation sites (tertiary alicyclic amines) is 1. The smallest absolute Gasteiger partial charge is 0.252 e. The molecule has 2 aromatic carbocycles. The molecule has 0 aromatic heterocycles. The second kappa shape index (κ2) is 9.12. The molecule has 0 radical (unpaired) electrons. The van der Waals surface area contributed by atoms with Gasteiger partial charge in [-0.25, -0.2) is 4.39 Å². The van der Waals surface area contributed by atoms with E-state index >= 15 is 0 Å². The first kappa shape index (κ1) is 22.0.